The highest BCUT2D eigenvalue weighted by Crippen LogP contribution is 2.45. The predicted octanol–water partition coefficient (Wildman–Crippen LogP) is 5.10. The molecule has 3 aliphatic heterocycles. The summed E-state index contributed by atoms with van der Waals surface area (Å²) in [6, 6.07) is -1.58. The topological polar surface area (TPSA) is 147 Å². The minimum Gasteiger partial charge on any atom is -0.444 e. The van der Waals surface area contributed by atoms with E-state index in [4.69, 9.17) is 15.5 Å². The molecule has 3 aliphatic carbocycles. The van der Waals surface area contributed by atoms with Crippen molar-refractivity contribution in [2.75, 3.05) is 25.0 Å². The lowest BCUT2D eigenvalue weighted by Crippen LogP contribution is -2.56. The van der Waals surface area contributed by atoms with Crippen LogP contribution in [0.3, 0.4) is 0 Å². The number of alkyl halides is 1. The van der Waals surface area contributed by atoms with Crippen LogP contribution in [0.15, 0.2) is 17.5 Å². The number of fused-ring (bicyclic) bond motifs is 3. The van der Waals surface area contributed by atoms with Crippen molar-refractivity contribution in [3.63, 3.8) is 0 Å². The molecule has 1 aromatic rings. The zero-order valence-corrected chi connectivity index (χ0v) is 29.8. The van der Waals surface area contributed by atoms with Crippen LogP contribution >= 0.6 is 11.3 Å². The number of anilines is 1. The highest BCUT2D eigenvalue weighted by Gasteiger charge is 2.60. The Kier molecular flexibility index (Phi) is 10.7. The maximum Gasteiger partial charge on any atom is 0.410 e. The van der Waals surface area contributed by atoms with Crippen molar-refractivity contribution in [2.24, 2.45) is 29.4 Å². The number of hydrogen-bond acceptors (Lipinski definition) is 8. The van der Waals surface area contributed by atoms with E-state index in [0.29, 0.717) is 43.4 Å². The van der Waals surface area contributed by atoms with Crippen LogP contribution in [0.25, 0.3) is 0 Å². The van der Waals surface area contributed by atoms with Gasteiger partial charge in [-0.1, -0.05) is 63.5 Å². The number of primary amides is 1. The van der Waals surface area contributed by atoms with E-state index in [1.54, 1.807) is 4.90 Å². The van der Waals surface area contributed by atoms with Gasteiger partial charge in [0.15, 0.2) is 5.13 Å². The van der Waals surface area contributed by atoms with E-state index in [2.05, 4.69) is 22.1 Å². The molecule has 0 aromatic carbocycles. The molecule has 6 aliphatic rings. The number of likely N-dealkylation sites (tertiary alicyclic amines) is 1. The molecule has 50 heavy (non-hydrogen) atoms. The van der Waals surface area contributed by atoms with Gasteiger partial charge in [-0.05, 0) is 56.8 Å². The van der Waals surface area contributed by atoms with Crippen LogP contribution in [0.4, 0.5) is 14.3 Å². The van der Waals surface area contributed by atoms with Gasteiger partial charge in [-0.2, -0.15) is 0 Å². The molecule has 4 amide bonds. The molecule has 7 unspecified atom stereocenters. The van der Waals surface area contributed by atoms with Crippen LogP contribution in [-0.4, -0.2) is 88.1 Å². The third-order valence-electron chi connectivity index (χ3n) is 12.3. The number of nitrogens with zero attached hydrogens (tertiary/aromatic N) is 3. The molecule has 11 nitrogen and oxygen atoms in total. The summed E-state index contributed by atoms with van der Waals surface area (Å²) in [6.45, 7) is 0.829. The number of carbonyl (C=O) groups excluding carboxylic acids is 4. The van der Waals surface area contributed by atoms with E-state index >= 15 is 0 Å². The van der Waals surface area contributed by atoms with Crippen LogP contribution < -0.4 is 16.4 Å². The highest BCUT2D eigenvalue weighted by molar-refractivity contribution is 7.13. The minimum absolute atomic E-state index is 0.0466. The number of thiazole rings is 1. The quantitative estimate of drug-likeness (QED) is 0.348. The van der Waals surface area contributed by atoms with E-state index in [1.807, 2.05) is 6.08 Å². The van der Waals surface area contributed by atoms with Crippen LogP contribution in [-0.2, 0) is 25.5 Å². The van der Waals surface area contributed by atoms with Crippen molar-refractivity contribution in [3.05, 3.63) is 23.2 Å². The van der Waals surface area contributed by atoms with Crippen molar-refractivity contribution in [1.29, 1.82) is 0 Å². The van der Waals surface area contributed by atoms with Gasteiger partial charge in [0.1, 0.15) is 29.9 Å². The number of ether oxygens (including phenoxy) is 1. The second-order valence-corrected chi connectivity index (χ2v) is 16.6. The lowest BCUT2D eigenvalue weighted by atomic mass is 9.80. The fraction of sp³-hybridized carbons (Fsp3) is 0.757. The van der Waals surface area contributed by atoms with Crippen molar-refractivity contribution in [2.45, 2.75) is 133 Å². The third kappa shape index (κ3) is 7.67. The standard InChI is InChI=1S/C37H53FN6O5S/c38-29-14-9-12-24-19-43(21-28(24)29)36(48)49-27-17-31-32(45)42-37(34(39)47)18-25(37)13-7-2-1-3-8-15-30(33(46)44(31)20-27)41-35-40-26(22-50-35)16-23-10-5-4-6-11-23/h7,13,22-25,27-31H,1-6,8-12,14-21H2,(H2,39,47)(H,40,41)(H,42,45)/b13-7-/t24?,25?,27?,28-,29?,30?,31?,37?/m1/s1. The van der Waals surface area contributed by atoms with Crippen LogP contribution in [0.1, 0.15) is 102 Å². The molecule has 4 heterocycles. The molecule has 0 radical (unpaired) electrons. The van der Waals surface area contributed by atoms with Crippen molar-refractivity contribution >= 4 is 40.3 Å². The number of aromatic nitrogens is 1. The number of amides is 4. The van der Waals surface area contributed by atoms with Gasteiger partial charge in [-0.25, -0.2) is 14.2 Å². The van der Waals surface area contributed by atoms with Crippen molar-refractivity contribution in [3.8, 4) is 0 Å². The number of rotatable bonds is 6. The monoisotopic (exact) mass is 712 g/mol. The lowest BCUT2D eigenvalue weighted by Gasteiger charge is -2.29. The molecule has 2 saturated heterocycles. The first-order chi connectivity index (χ1) is 24.2. The van der Waals surface area contributed by atoms with Gasteiger partial charge < -0.3 is 30.9 Å². The average molecular weight is 713 g/mol. The molecule has 7 rings (SSSR count). The van der Waals surface area contributed by atoms with Gasteiger partial charge in [0.2, 0.25) is 17.7 Å². The first kappa shape index (κ1) is 35.2. The Labute approximate surface area is 298 Å². The van der Waals surface area contributed by atoms with Gasteiger partial charge in [0.25, 0.3) is 0 Å². The smallest absolute Gasteiger partial charge is 0.410 e. The van der Waals surface area contributed by atoms with Crippen LogP contribution in [0.2, 0.25) is 0 Å². The zero-order valence-electron chi connectivity index (χ0n) is 29.0. The largest absolute Gasteiger partial charge is 0.444 e. The second kappa shape index (κ2) is 15.2. The molecule has 0 spiro atoms. The molecule has 5 fully saturated rings. The summed E-state index contributed by atoms with van der Waals surface area (Å²) in [6.07, 6.45) is 15.9. The fourth-order valence-corrected chi connectivity index (χ4v) is 10.0. The van der Waals surface area contributed by atoms with Crippen LogP contribution in [0.5, 0.6) is 0 Å². The Morgan fingerprint density at radius 3 is 2.64 bits per heavy atom. The number of nitrogens with two attached hydrogens (primary N) is 1. The zero-order chi connectivity index (χ0) is 34.8. The Morgan fingerprint density at radius 2 is 1.84 bits per heavy atom. The van der Waals surface area contributed by atoms with Gasteiger partial charge in [0, 0.05) is 36.7 Å². The van der Waals surface area contributed by atoms with E-state index < -0.39 is 47.8 Å². The average Bonchev–Trinajstić information content (AvgIpc) is 3.46. The summed E-state index contributed by atoms with van der Waals surface area (Å²) in [4.78, 5) is 62.6. The van der Waals surface area contributed by atoms with E-state index in [1.165, 1.54) is 48.3 Å². The summed E-state index contributed by atoms with van der Waals surface area (Å²) < 4.78 is 20.6. The molecule has 13 heteroatoms. The number of nitrogens with one attached hydrogen (secondary N) is 2. The van der Waals surface area contributed by atoms with E-state index in [-0.39, 0.29) is 36.6 Å². The predicted molar refractivity (Wildman–Crippen MR) is 188 cm³/mol. The molecule has 3 saturated carbocycles. The van der Waals surface area contributed by atoms with Crippen molar-refractivity contribution < 1.29 is 28.3 Å². The summed E-state index contributed by atoms with van der Waals surface area (Å²) in [5, 5.41) is 9.12. The lowest BCUT2D eigenvalue weighted by molar-refractivity contribution is -0.140. The first-order valence-corrected chi connectivity index (χ1v) is 20.0. The van der Waals surface area contributed by atoms with Gasteiger partial charge in [-0.3, -0.25) is 14.4 Å². The Bertz CT molecular complexity index is 1450. The summed E-state index contributed by atoms with van der Waals surface area (Å²) in [5.74, 6) is -0.926. The maximum atomic E-state index is 14.7. The first-order valence-electron chi connectivity index (χ1n) is 19.1. The third-order valence-corrected chi connectivity index (χ3v) is 13.1. The van der Waals surface area contributed by atoms with Gasteiger partial charge in [0.05, 0.1) is 12.2 Å². The SMILES string of the molecule is NC(=O)C12CC1/C=C\CCCCCC(Nc1nc(CC3CCCCC3)cs1)C(=O)N1CC(OC(=O)N3CC4CCCC(F)[C@@H]4C3)CC1C(=O)N2. The Hall–Kier alpha value is -3.22. The van der Waals surface area contributed by atoms with E-state index in [0.717, 1.165) is 50.6 Å². The normalized spacial score (nSPS) is 35.9. The maximum absolute atomic E-state index is 14.7. The molecular weight excluding hydrogens is 660 g/mol. The number of halogens is 1. The van der Waals surface area contributed by atoms with Gasteiger partial charge in [-0.15, -0.1) is 11.3 Å². The fourth-order valence-electron chi connectivity index (χ4n) is 9.26. The van der Waals surface area contributed by atoms with Crippen LogP contribution in [0, 0.1) is 23.7 Å². The van der Waals surface area contributed by atoms with Gasteiger partial charge >= 0.3 is 6.09 Å². The highest BCUT2D eigenvalue weighted by atomic mass is 32.1. The number of hydrogen-bond donors (Lipinski definition) is 3. The summed E-state index contributed by atoms with van der Waals surface area (Å²) in [5.41, 5.74) is 5.69. The second-order valence-electron chi connectivity index (χ2n) is 15.8. The Balaban J connectivity index is 1.09. The molecule has 8 atom stereocenters. The molecular formula is C37H53FN6O5S. The molecule has 274 valence electrons. The number of allylic oxidation sites excluding steroid dienone is 1. The van der Waals surface area contributed by atoms with E-state index in [9.17, 15) is 23.6 Å². The summed E-state index contributed by atoms with van der Waals surface area (Å²) in [7, 11) is 0. The Morgan fingerprint density at radius 1 is 1.04 bits per heavy atom. The van der Waals surface area contributed by atoms with Crippen molar-refractivity contribution in [1.82, 2.24) is 20.1 Å². The minimum atomic E-state index is -1.20. The molecule has 1 aromatic heterocycles. The molecule has 0 bridgehead atoms. The summed E-state index contributed by atoms with van der Waals surface area (Å²) >= 11 is 1.50. The number of carbonyl (C=O) groups is 4. The molecule has 4 N–H and O–H groups in total.